The lowest BCUT2D eigenvalue weighted by Crippen LogP contribution is -2.26. The molecule has 0 aliphatic carbocycles. The van der Waals surface area contributed by atoms with E-state index in [0.29, 0.717) is 15.5 Å². The third kappa shape index (κ3) is 4.62. The first-order chi connectivity index (χ1) is 13.6. The molecule has 11 heteroatoms. The van der Waals surface area contributed by atoms with Crippen LogP contribution in [0.3, 0.4) is 0 Å². The highest BCUT2D eigenvalue weighted by Gasteiger charge is 2.26. The largest absolute Gasteiger partial charge is 0.345 e. The van der Waals surface area contributed by atoms with Crippen LogP contribution in [0.2, 0.25) is 0 Å². The van der Waals surface area contributed by atoms with E-state index in [2.05, 4.69) is 30.6 Å². The van der Waals surface area contributed by atoms with E-state index in [4.69, 9.17) is 0 Å². The van der Waals surface area contributed by atoms with Gasteiger partial charge in [0.25, 0.3) is 0 Å². The Bertz CT molecular complexity index is 1200. The standard InChI is InChI=1S/C18H17BrF2N4O3S/c1-25(2)5-6-29(27,28)24-14-4-3-13(20)15(16(14)21)17(26)12-9-23-18-11(12)7-10(19)8-22-18/h3-4,7-9,24H,5-6H2,1-2H3,(H,22,23). The van der Waals surface area contributed by atoms with Crippen molar-refractivity contribution in [2.75, 3.05) is 31.1 Å². The molecular formula is C18H17BrF2N4O3S. The van der Waals surface area contributed by atoms with Gasteiger partial charge in [0, 0.05) is 34.4 Å². The minimum absolute atomic E-state index is 0.0132. The van der Waals surface area contributed by atoms with Gasteiger partial charge >= 0.3 is 0 Å². The van der Waals surface area contributed by atoms with Gasteiger partial charge in [-0.1, -0.05) is 0 Å². The Labute approximate surface area is 174 Å². The van der Waals surface area contributed by atoms with Crippen LogP contribution in [0.25, 0.3) is 11.0 Å². The van der Waals surface area contributed by atoms with E-state index < -0.39 is 38.7 Å². The number of benzene rings is 1. The number of carbonyl (C=O) groups is 1. The predicted octanol–water partition coefficient (Wildman–Crippen LogP) is 3.14. The molecule has 0 bridgehead atoms. The summed E-state index contributed by atoms with van der Waals surface area (Å²) in [5, 5.41) is 0.375. The van der Waals surface area contributed by atoms with Gasteiger partial charge in [0.1, 0.15) is 11.5 Å². The van der Waals surface area contributed by atoms with Crippen LogP contribution in [0, 0.1) is 11.6 Å². The third-order valence-electron chi connectivity index (χ3n) is 4.13. The lowest BCUT2D eigenvalue weighted by Gasteiger charge is -2.13. The van der Waals surface area contributed by atoms with E-state index in [0.717, 1.165) is 12.1 Å². The summed E-state index contributed by atoms with van der Waals surface area (Å²) in [6.45, 7) is 0.209. The number of hydrogen-bond acceptors (Lipinski definition) is 5. The number of aromatic nitrogens is 2. The average Bonchev–Trinajstić information content (AvgIpc) is 3.05. The fourth-order valence-electron chi connectivity index (χ4n) is 2.66. The fraction of sp³-hybridized carbons (Fsp3) is 0.222. The second-order valence-electron chi connectivity index (χ2n) is 6.59. The molecule has 0 unspecified atom stereocenters. The molecular weight excluding hydrogens is 470 g/mol. The maximum absolute atomic E-state index is 15.0. The lowest BCUT2D eigenvalue weighted by atomic mass is 10.0. The molecule has 0 radical (unpaired) electrons. The van der Waals surface area contributed by atoms with Gasteiger partial charge in [-0.25, -0.2) is 22.2 Å². The molecule has 0 aliphatic heterocycles. The van der Waals surface area contributed by atoms with E-state index in [1.54, 1.807) is 25.1 Å². The number of ketones is 1. The molecule has 29 heavy (non-hydrogen) atoms. The van der Waals surface area contributed by atoms with Gasteiger partial charge in [-0.3, -0.25) is 9.52 Å². The summed E-state index contributed by atoms with van der Waals surface area (Å²) in [6.07, 6.45) is 2.82. The third-order valence-corrected chi connectivity index (χ3v) is 5.82. The maximum atomic E-state index is 15.0. The number of rotatable bonds is 7. The molecule has 154 valence electrons. The second kappa shape index (κ2) is 8.17. The van der Waals surface area contributed by atoms with Crippen molar-refractivity contribution in [1.29, 1.82) is 0 Å². The van der Waals surface area contributed by atoms with Crippen molar-refractivity contribution in [2.24, 2.45) is 0 Å². The van der Waals surface area contributed by atoms with Crippen molar-refractivity contribution in [3.63, 3.8) is 0 Å². The maximum Gasteiger partial charge on any atom is 0.234 e. The highest BCUT2D eigenvalue weighted by atomic mass is 79.9. The monoisotopic (exact) mass is 486 g/mol. The van der Waals surface area contributed by atoms with Crippen LogP contribution < -0.4 is 4.72 Å². The molecule has 0 saturated carbocycles. The number of halogens is 3. The first-order valence-corrected chi connectivity index (χ1v) is 10.8. The molecule has 0 spiro atoms. The topological polar surface area (TPSA) is 95.2 Å². The minimum atomic E-state index is -3.89. The Hall–Kier alpha value is -2.37. The van der Waals surface area contributed by atoms with Crippen LogP contribution in [-0.4, -0.2) is 55.5 Å². The minimum Gasteiger partial charge on any atom is -0.345 e. The van der Waals surface area contributed by atoms with E-state index in [1.165, 1.54) is 12.4 Å². The smallest absolute Gasteiger partial charge is 0.234 e. The van der Waals surface area contributed by atoms with Crippen molar-refractivity contribution in [3.8, 4) is 0 Å². The van der Waals surface area contributed by atoms with Crippen molar-refractivity contribution < 1.29 is 22.0 Å². The number of nitrogens with zero attached hydrogens (tertiary/aromatic N) is 2. The molecule has 7 nitrogen and oxygen atoms in total. The number of aromatic amines is 1. The predicted molar refractivity (Wildman–Crippen MR) is 110 cm³/mol. The normalized spacial score (nSPS) is 11.9. The Morgan fingerprint density at radius 2 is 2.03 bits per heavy atom. The van der Waals surface area contributed by atoms with Crippen molar-refractivity contribution in [2.45, 2.75) is 0 Å². The number of hydrogen-bond donors (Lipinski definition) is 2. The van der Waals surface area contributed by atoms with Gasteiger partial charge in [-0.15, -0.1) is 0 Å². The number of fused-ring (bicyclic) bond motifs is 1. The van der Waals surface area contributed by atoms with E-state index in [-0.39, 0.29) is 17.9 Å². The first kappa shape index (κ1) is 21.3. The summed E-state index contributed by atoms with van der Waals surface area (Å²) in [6, 6.07) is 3.39. The zero-order valence-corrected chi connectivity index (χ0v) is 17.9. The summed E-state index contributed by atoms with van der Waals surface area (Å²) in [5.74, 6) is -3.59. The molecule has 0 amide bonds. The summed E-state index contributed by atoms with van der Waals surface area (Å²) in [5.41, 5.74) is -0.955. The Morgan fingerprint density at radius 1 is 1.31 bits per heavy atom. The van der Waals surface area contributed by atoms with Crippen LogP contribution in [0.4, 0.5) is 14.5 Å². The number of pyridine rings is 1. The van der Waals surface area contributed by atoms with Crippen LogP contribution in [0.15, 0.2) is 35.1 Å². The molecule has 2 N–H and O–H groups in total. The van der Waals surface area contributed by atoms with Gasteiger partial charge in [-0.2, -0.15) is 0 Å². The lowest BCUT2D eigenvalue weighted by molar-refractivity contribution is 0.103. The van der Waals surface area contributed by atoms with Gasteiger partial charge < -0.3 is 9.88 Å². The summed E-state index contributed by atoms with van der Waals surface area (Å²) < 4.78 is 56.3. The van der Waals surface area contributed by atoms with Crippen molar-refractivity contribution in [1.82, 2.24) is 14.9 Å². The van der Waals surface area contributed by atoms with E-state index in [1.807, 2.05) is 0 Å². The summed E-state index contributed by atoms with van der Waals surface area (Å²) >= 11 is 3.24. The second-order valence-corrected chi connectivity index (χ2v) is 9.35. The van der Waals surface area contributed by atoms with Crippen molar-refractivity contribution in [3.05, 3.63) is 57.8 Å². The quantitative estimate of drug-likeness (QED) is 0.500. The molecule has 1 aromatic carbocycles. The fourth-order valence-corrected chi connectivity index (χ4v) is 4.19. The summed E-state index contributed by atoms with van der Waals surface area (Å²) in [7, 11) is -0.502. The van der Waals surface area contributed by atoms with Crippen LogP contribution in [-0.2, 0) is 10.0 Å². The molecule has 2 aromatic heterocycles. The molecule has 0 fully saturated rings. The average molecular weight is 487 g/mol. The number of sulfonamides is 1. The first-order valence-electron chi connectivity index (χ1n) is 8.39. The van der Waals surface area contributed by atoms with Gasteiger partial charge in [0.15, 0.2) is 5.82 Å². The molecule has 2 heterocycles. The highest BCUT2D eigenvalue weighted by Crippen LogP contribution is 2.28. The van der Waals surface area contributed by atoms with Gasteiger partial charge in [0.05, 0.1) is 17.0 Å². The molecule has 0 atom stereocenters. The van der Waals surface area contributed by atoms with Crippen LogP contribution in [0.5, 0.6) is 0 Å². The summed E-state index contributed by atoms with van der Waals surface area (Å²) in [4.78, 5) is 21.4. The van der Waals surface area contributed by atoms with Crippen LogP contribution >= 0.6 is 15.9 Å². The molecule has 0 saturated heterocycles. The number of nitrogens with one attached hydrogen (secondary N) is 2. The zero-order chi connectivity index (χ0) is 21.3. The number of anilines is 1. The molecule has 3 rings (SSSR count). The number of carbonyl (C=O) groups excluding carboxylic acids is 1. The molecule has 3 aromatic rings. The van der Waals surface area contributed by atoms with Gasteiger partial charge in [0.2, 0.25) is 15.8 Å². The Morgan fingerprint density at radius 3 is 2.72 bits per heavy atom. The van der Waals surface area contributed by atoms with Crippen LogP contribution in [0.1, 0.15) is 15.9 Å². The zero-order valence-electron chi connectivity index (χ0n) is 15.5. The SMILES string of the molecule is CN(C)CCS(=O)(=O)Nc1ccc(F)c(C(=O)c2c[nH]c3ncc(Br)cc23)c1F. The Balaban J connectivity index is 2.00. The number of H-pyrrole nitrogens is 1. The van der Waals surface area contributed by atoms with E-state index >= 15 is 0 Å². The highest BCUT2D eigenvalue weighted by molar-refractivity contribution is 9.10. The molecule has 0 aliphatic rings. The van der Waals surface area contributed by atoms with Crippen molar-refractivity contribution >= 4 is 48.5 Å². The van der Waals surface area contributed by atoms with Gasteiger partial charge in [-0.05, 0) is 48.2 Å². The van der Waals surface area contributed by atoms with E-state index in [9.17, 15) is 22.0 Å². The Kier molecular flexibility index (Phi) is 6.01.